The number of aryl methyl sites for hydroxylation is 1. The van der Waals surface area contributed by atoms with Crippen LogP contribution >= 0.6 is 0 Å². The molecule has 0 spiro atoms. The quantitative estimate of drug-likeness (QED) is 0.763. The van der Waals surface area contributed by atoms with Gasteiger partial charge in [0.2, 0.25) is 0 Å². The standard InChI is InChI=1S/C13H15N5O/c1-2-17-9-10(6-15-17)5-13(19)11-7-16-18-4-3-14-8-12(11)18/h3-4,6-9,13,19H,2,5H2,1H3. The molecule has 1 N–H and O–H groups in total. The van der Waals surface area contributed by atoms with Crippen molar-refractivity contribution < 1.29 is 5.11 Å². The Labute approximate surface area is 110 Å². The van der Waals surface area contributed by atoms with E-state index in [-0.39, 0.29) is 0 Å². The van der Waals surface area contributed by atoms with Crippen LogP contribution < -0.4 is 0 Å². The van der Waals surface area contributed by atoms with E-state index < -0.39 is 6.10 Å². The van der Waals surface area contributed by atoms with Crippen molar-refractivity contribution in [3.63, 3.8) is 0 Å². The maximum atomic E-state index is 10.3. The topological polar surface area (TPSA) is 68.2 Å². The molecule has 0 aliphatic heterocycles. The Kier molecular flexibility index (Phi) is 3.00. The predicted octanol–water partition coefficient (Wildman–Crippen LogP) is 1.22. The van der Waals surface area contributed by atoms with Crippen LogP contribution in [-0.2, 0) is 13.0 Å². The molecule has 3 heterocycles. The van der Waals surface area contributed by atoms with E-state index in [1.807, 2.05) is 17.8 Å². The molecular formula is C13H15N5O. The maximum Gasteiger partial charge on any atom is 0.0903 e. The normalized spacial score (nSPS) is 12.9. The molecule has 0 amide bonds. The predicted molar refractivity (Wildman–Crippen MR) is 69.6 cm³/mol. The zero-order valence-corrected chi connectivity index (χ0v) is 10.6. The number of fused-ring (bicyclic) bond motifs is 1. The molecule has 1 unspecified atom stereocenters. The van der Waals surface area contributed by atoms with Gasteiger partial charge in [0.15, 0.2) is 0 Å². The number of rotatable bonds is 4. The maximum absolute atomic E-state index is 10.3. The lowest BCUT2D eigenvalue weighted by Crippen LogP contribution is -2.01. The third-order valence-electron chi connectivity index (χ3n) is 3.15. The van der Waals surface area contributed by atoms with Gasteiger partial charge < -0.3 is 5.11 Å². The Hall–Kier alpha value is -2.21. The fourth-order valence-electron chi connectivity index (χ4n) is 2.13. The molecule has 19 heavy (non-hydrogen) atoms. The van der Waals surface area contributed by atoms with E-state index in [9.17, 15) is 5.11 Å². The van der Waals surface area contributed by atoms with E-state index >= 15 is 0 Å². The van der Waals surface area contributed by atoms with Gasteiger partial charge in [-0.15, -0.1) is 0 Å². The number of nitrogens with zero attached hydrogens (tertiary/aromatic N) is 5. The van der Waals surface area contributed by atoms with E-state index in [0.717, 1.165) is 23.2 Å². The van der Waals surface area contributed by atoms with Gasteiger partial charge >= 0.3 is 0 Å². The molecule has 0 aliphatic carbocycles. The Balaban J connectivity index is 1.85. The molecular weight excluding hydrogens is 242 g/mol. The van der Waals surface area contributed by atoms with E-state index in [0.29, 0.717) is 6.42 Å². The van der Waals surface area contributed by atoms with Crippen molar-refractivity contribution in [2.24, 2.45) is 0 Å². The van der Waals surface area contributed by atoms with Crippen LogP contribution in [0, 0.1) is 0 Å². The highest BCUT2D eigenvalue weighted by Crippen LogP contribution is 2.21. The molecule has 0 aromatic carbocycles. The van der Waals surface area contributed by atoms with Gasteiger partial charge in [0.1, 0.15) is 0 Å². The van der Waals surface area contributed by atoms with Gasteiger partial charge in [-0.3, -0.25) is 9.67 Å². The van der Waals surface area contributed by atoms with Crippen LogP contribution in [0.25, 0.3) is 5.52 Å². The van der Waals surface area contributed by atoms with Crippen LogP contribution in [0.1, 0.15) is 24.2 Å². The van der Waals surface area contributed by atoms with Gasteiger partial charge in [0.05, 0.1) is 30.2 Å². The minimum atomic E-state index is -0.601. The van der Waals surface area contributed by atoms with Crippen molar-refractivity contribution >= 4 is 5.52 Å². The van der Waals surface area contributed by atoms with Crippen LogP contribution in [0.5, 0.6) is 0 Å². The van der Waals surface area contributed by atoms with Gasteiger partial charge in [0, 0.05) is 37.1 Å². The molecule has 6 heteroatoms. The first kappa shape index (κ1) is 11.9. The monoisotopic (exact) mass is 257 g/mol. The van der Waals surface area contributed by atoms with Crippen molar-refractivity contribution in [3.05, 3.63) is 48.3 Å². The third kappa shape index (κ3) is 2.22. The van der Waals surface area contributed by atoms with Gasteiger partial charge in [-0.2, -0.15) is 10.2 Å². The molecule has 3 rings (SSSR count). The van der Waals surface area contributed by atoms with Crippen molar-refractivity contribution in [1.29, 1.82) is 0 Å². The largest absolute Gasteiger partial charge is 0.388 e. The van der Waals surface area contributed by atoms with Crippen molar-refractivity contribution in [2.45, 2.75) is 26.0 Å². The summed E-state index contributed by atoms with van der Waals surface area (Å²) in [5.74, 6) is 0. The first-order valence-electron chi connectivity index (χ1n) is 6.24. The molecule has 0 saturated carbocycles. The fourth-order valence-corrected chi connectivity index (χ4v) is 2.13. The SMILES string of the molecule is CCn1cc(CC(O)c2cnn3ccncc23)cn1. The molecule has 0 saturated heterocycles. The van der Waals surface area contributed by atoms with Crippen molar-refractivity contribution in [1.82, 2.24) is 24.4 Å². The van der Waals surface area contributed by atoms with E-state index in [1.165, 1.54) is 0 Å². The second kappa shape index (κ2) is 4.81. The fraction of sp³-hybridized carbons (Fsp3) is 0.308. The van der Waals surface area contributed by atoms with Crippen LogP contribution in [0.3, 0.4) is 0 Å². The molecule has 0 fully saturated rings. The second-order valence-corrected chi connectivity index (χ2v) is 4.43. The Bertz CT molecular complexity index is 687. The molecule has 0 bridgehead atoms. The summed E-state index contributed by atoms with van der Waals surface area (Å²) < 4.78 is 3.56. The number of hydrogen-bond donors (Lipinski definition) is 1. The van der Waals surface area contributed by atoms with E-state index in [2.05, 4.69) is 15.2 Å². The van der Waals surface area contributed by atoms with Crippen LogP contribution in [0.2, 0.25) is 0 Å². The summed E-state index contributed by atoms with van der Waals surface area (Å²) in [6.07, 6.45) is 10.5. The van der Waals surface area contributed by atoms with Gasteiger partial charge in [-0.25, -0.2) is 4.52 Å². The first-order valence-corrected chi connectivity index (χ1v) is 6.24. The molecule has 6 nitrogen and oxygen atoms in total. The van der Waals surface area contributed by atoms with Crippen molar-refractivity contribution in [3.8, 4) is 0 Å². The molecule has 3 aromatic heterocycles. The number of aliphatic hydroxyl groups excluding tert-OH is 1. The van der Waals surface area contributed by atoms with Gasteiger partial charge in [-0.1, -0.05) is 0 Å². The highest BCUT2D eigenvalue weighted by atomic mass is 16.3. The van der Waals surface area contributed by atoms with Crippen LogP contribution in [0.4, 0.5) is 0 Å². The summed E-state index contributed by atoms with van der Waals surface area (Å²) in [6, 6.07) is 0. The van der Waals surface area contributed by atoms with Crippen LogP contribution in [0.15, 0.2) is 37.2 Å². The smallest absolute Gasteiger partial charge is 0.0903 e. The summed E-state index contributed by atoms with van der Waals surface area (Å²) in [5, 5.41) is 18.7. The lowest BCUT2D eigenvalue weighted by atomic mass is 10.1. The summed E-state index contributed by atoms with van der Waals surface area (Å²) in [6.45, 7) is 2.86. The lowest BCUT2D eigenvalue weighted by molar-refractivity contribution is 0.180. The summed E-state index contributed by atoms with van der Waals surface area (Å²) >= 11 is 0. The minimum Gasteiger partial charge on any atom is -0.388 e. The lowest BCUT2D eigenvalue weighted by Gasteiger charge is -2.07. The second-order valence-electron chi connectivity index (χ2n) is 4.43. The Morgan fingerprint density at radius 3 is 2.95 bits per heavy atom. The Morgan fingerprint density at radius 2 is 2.16 bits per heavy atom. The average molecular weight is 257 g/mol. The number of hydrogen-bond acceptors (Lipinski definition) is 4. The molecule has 1 atom stereocenters. The highest BCUT2D eigenvalue weighted by molar-refractivity contribution is 5.52. The Morgan fingerprint density at radius 1 is 1.26 bits per heavy atom. The molecule has 0 aliphatic rings. The average Bonchev–Trinajstić information content (AvgIpc) is 3.04. The zero-order chi connectivity index (χ0) is 13.2. The van der Waals surface area contributed by atoms with E-state index in [4.69, 9.17) is 0 Å². The molecule has 98 valence electrons. The highest BCUT2D eigenvalue weighted by Gasteiger charge is 2.15. The van der Waals surface area contributed by atoms with Gasteiger partial charge in [0.25, 0.3) is 0 Å². The summed E-state index contributed by atoms with van der Waals surface area (Å²) in [4.78, 5) is 4.06. The molecule has 0 radical (unpaired) electrons. The number of aromatic nitrogens is 5. The van der Waals surface area contributed by atoms with Crippen molar-refractivity contribution in [2.75, 3.05) is 0 Å². The molecule has 3 aromatic rings. The number of aliphatic hydroxyl groups is 1. The summed E-state index contributed by atoms with van der Waals surface area (Å²) in [7, 11) is 0. The zero-order valence-electron chi connectivity index (χ0n) is 10.6. The third-order valence-corrected chi connectivity index (χ3v) is 3.15. The first-order chi connectivity index (χ1) is 9.28. The van der Waals surface area contributed by atoms with Gasteiger partial charge in [-0.05, 0) is 12.5 Å². The van der Waals surface area contributed by atoms with E-state index in [1.54, 1.807) is 35.5 Å². The summed E-state index contributed by atoms with van der Waals surface area (Å²) in [5.41, 5.74) is 2.63. The van der Waals surface area contributed by atoms with Crippen LogP contribution in [-0.4, -0.2) is 29.5 Å². The minimum absolute atomic E-state index is 0.524.